The summed E-state index contributed by atoms with van der Waals surface area (Å²) in [6.07, 6.45) is -4.61. The molecule has 2 N–H and O–H groups in total. The van der Waals surface area contributed by atoms with Gasteiger partial charge in [-0.25, -0.2) is 8.42 Å². The minimum atomic E-state index is -4.61. The van der Waals surface area contributed by atoms with Gasteiger partial charge in [-0.2, -0.15) is 17.5 Å². The van der Waals surface area contributed by atoms with Gasteiger partial charge in [0.2, 0.25) is 15.9 Å². The van der Waals surface area contributed by atoms with Gasteiger partial charge in [0.1, 0.15) is 0 Å². The number of carbonyl (C=O) groups is 2. The fourth-order valence-corrected chi connectivity index (χ4v) is 6.96. The van der Waals surface area contributed by atoms with Gasteiger partial charge in [0.15, 0.2) is 11.0 Å². The smallest absolute Gasteiger partial charge is 0.345 e. The van der Waals surface area contributed by atoms with Crippen LogP contribution in [0, 0.1) is 13.8 Å². The fourth-order valence-electron chi connectivity index (χ4n) is 4.58. The lowest BCUT2D eigenvalue weighted by atomic mass is 10.1. The molecule has 0 atom stereocenters. The number of aryl methyl sites for hydroxylation is 2. The molecule has 47 heavy (non-hydrogen) atoms. The Balaban J connectivity index is 1.53. The van der Waals surface area contributed by atoms with E-state index in [-0.39, 0.29) is 33.5 Å². The summed E-state index contributed by atoms with van der Waals surface area (Å²) in [5, 5.41) is 13.9. The van der Waals surface area contributed by atoms with E-state index < -0.39 is 33.6 Å². The van der Waals surface area contributed by atoms with Gasteiger partial charge in [-0.05, 0) is 73.5 Å². The van der Waals surface area contributed by atoms with E-state index in [1.165, 1.54) is 28.6 Å². The Morgan fingerprint density at radius 3 is 2.30 bits per heavy atom. The van der Waals surface area contributed by atoms with Gasteiger partial charge in [0.25, 0.3) is 5.91 Å². The summed E-state index contributed by atoms with van der Waals surface area (Å²) in [7, 11) is -3.68. The maximum absolute atomic E-state index is 13.2. The topological polar surface area (TPSA) is 126 Å². The van der Waals surface area contributed by atoms with Crippen LogP contribution in [0.5, 0.6) is 0 Å². The molecule has 4 rings (SSSR count). The highest BCUT2D eigenvalue weighted by molar-refractivity contribution is 7.99. The Morgan fingerprint density at radius 1 is 0.979 bits per heavy atom. The van der Waals surface area contributed by atoms with Crippen LogP contribution in [0.4, 0.5) is 18.9 Å². The molecular formula is C31H32ClF3N6O4S2. The highest BCUT2D eigenvalue weighted by atomic mass is 35.5. The molecule has 0 fully saturated rings. The quantitative estimate of drug-likeness (QED) is 0.167. The van der Waals surface area contributed by atoms with E-state index >= 15 is 0 Å². The Kier molecular flexibility index (Phi) is 11.4. The molecule has 0 aliphatic carbocycles. The van der Waals surface area contributed by atoms with E-state index in [4.69, 9.17) is 11.6 Å². The van der Waals surface area contributed by atoms with Crippen LogP contribution in [-0.2, 0) is 27.5 Å². The lowest BCUT2D eigenvalue weighted by molar-refractivity contribution is -0.137. The molecule has 0 unspecified atom stereocenters. The molecule has 4 aromatic rings. The second-order valence-electron chi connectivity index (χ2n) is 10.3. The Hall–Kier alpha value is -3.92. The molecule has 2 amide bonds. The van der Waals surface area contributed by atoms with Crippen LogP contribution in [0.2, 0.25) is 5.02 Å². The number of hydrogen-bond acceptors (Lipinski definition) is 7. The summed E-state index contributed by atoms with van der Waals surface area (Å²) in [5.41, 5.74) is 1.60. The van der Waals surface area contributed by atoms with E-state index in [0.717, 1.165) is 41.1 Å². The van der Waals surface area contributed by atoms with Gasteiger partial charge in [-0.15, -0.1) is 10.2 Å². The lowest BCUT2D eigenvalue weighted by Crippen LogP contribution is -2.30. The number of sulfonamides is 1. The second-order valence-corrected chi connectivity index (χ2v) is 13.6. The van der Waals surface area contributed by atoms with Gasteiger partial charge in [0.05, 0.1) is 39.2 Å². The SMILES string of the molecule is CCN(CC)S(=O)(=O)c1ccc(C(=O)NCc2nnc(SCC(=O)Nc3cc(C(F)(F)F)ccc3Cl)n2-c2cc(C)ccc2C)cc1. The number of amides is 2. The summed E-state index contributed by atoms with van der Waals surface area (Å²) < 4.78 is 68.1. The number of thioether (sulfide) groups is 1. The van der Waals surface area contributed by atoms with Crippen LogP contribution in [0.15, 0.2) is 70.7 Å². The summed E-state index contributed by atoms with van der Waals surface area (Å²) in [6, 6.07) is 14.0. The Morgan fingerprint density at radius 2 is 1.66 bits per heavy atom. The Labute approximate surface area is 279 Å². The van der Waals surface area contributed by atoms with Crippen LogP contribution in [0.1, 0.15) is 46.7 Å². The van der Waals surface area contributed by atoms with E-state index in [2.05, 4.69) is 20.8 Å². The lowest BCUT2D eigenvalue weighted by Gasteiger charge is -2.18. The van der Waals surface area contributed by atoms with Crippen molar-refractivity contribution in [2.75, 3.05) is 24.2 Å². The van der Waals surface area contributed by atoms with Gasteiger partial charge in [0, 0.05) is 18.7 Å². The van der Waals surface area contributed by atoms with Gasteiger partial charge < -0.3 is 10.6 Å². The first-order chi connectivity index (χ1) is 22.1. The summed E-state index contributed by atoms with van der Waals surface area (Å²) in [4.78, 5) is 25.9. The zero-order valence-electron chi connectivity index (χ0n) is 25.9. The van der Waals surface area contributed by atoms with Crippen LogP contribution in [0.25, 0.3) is 5.69 Å². The zero-order valence-corrected chi connectivity index (χ0v) is 28.2. The van der Waals surface area contributed by atoms with Crippen LogP contribution < -0.4 is 10.6 Å². The number of halogens is 4. The number of rotatable bonds is 12. The first-order valence-corrected chi connectivity index (χ1v) is 17.2. The average molecular weight is 709 g/mol. The zero-order chi connectivity index (χ0) is 34.5. The average Bonchev–Trinajstić information content (AvgIpc) is 3.43. The molecule has 3 aromatic carbocycles. The first-order valence-electron chi connectivity index (χ1n) is 14.3. The van der Waals surface area contributed by atoms with Crippen LogP contribution in [-0.4, -0.2) is 58.1 Å². The standard InChI is InChI=1S/C31H32ClF3N6O4S2/c1-5-40(6-2)47(44,45)23-12-9-21(10-13-23)29(43)36-17-27-38-39-30(41(27)26-15-19(3)7-8-20(26)4)46-18-28(42)37-25-16-22(31(33,34)35)11-14-24(25)32/h7-16H,5-6,17-18H2,1-4H3,(H,36,43)(H,37,42). The largest absolute Gasteiger partial charge is 0.416 e. The number of aromatic nitrogens is 3. The minimum absolute atomic E-state index is 0.0481. The number of anilines is 1. The van der Waals surface area contributed by atoms with E-state index in [1.807, 2.05) is 32.0 Å². The molecule has 0 aliphatic rings. The summed E-state index contributed by atoms with van der Waals surface area (Å²) in [6.45, 7) is 7.84. The van der Waals surface area contributed by atoms with E-state index in [9.17, 15) is 31.2 Å². The number of nitrogens with zero attached hydrogens (tertiary/aromatic N) is 4. The first kappa shape index (κ1) is 35.9. The number of carbonyl (C=O) groups excluding carboxylic acids is 2. The van der Waals surface area contributed by atoms with Gasteiger partial charge >= 0.3 is 6.18 Å². The molecule has 1 aromatic heterocycles. The van der Waals surface area contributed by atoms with Crippen molar-refractivity contribution in [3.63, 3.8) is 0 Å². The maximum atomic E-state index is 13.2. The predicted molar refractivity (Wildman–Crippen MR) is 174 cm³/mol. The van der Waals surface area contributed by atoms with Gasteiger partial charge in [-0.1, -0.05) is 49.3 Å². The molecule has 0 saturated carbocycles. The van der Waals surface area contributed by atoms with Crippen molar-refractivity contribution in [2.45, 2.75) is 50.5 Å². The number of hydrogen-bond donors (Lipinski definition) is 2. The molecular weight excluding hydrogens is 677 g/mol. The number of nitrogens with one attached hydrogen (secondary N) is 2. The minimum Gasteiger partial charge on any atom is -0.345 e. The van der Waals surface area contributed by atoms with Crippen molar-refractivity contribution < 1.29 is 31.2 Å². The third-order valence-electron chi connectivity index (χ3n) is 7.07. The highest BCUT2D eigenvalue weighted by Crippen LogP contribution is 2.34. The van der Waals surface area contributed by atoms with Gasteiger partial charge in [-0.3, -0.25) is 14.2 Å². The second kappa shape index (κ2) is 14.9. The van der Waals surface area contributed by atoms with Crippen molar-refractivity contribution >= 4 is 50.9 Å². The van der Waals surface area contributed by atoms with Crippen molar-refractivity contribution in [1.82, 2.24) is 24.4 Å². The van der Waals surface area contributed by atoms with Crippen molar-refractivity contribution in [2.24, 2.45) is 0 Å². The summed E-state index contributed by atoms with van der Waals surface area (Å²) >= 11 is 7.03. The molecule has 0 bridgehead atoms. The Bertz CT molecular complexity index is 1880. The maximum Gasteiger partial charge on any atom is 0.416 e. The number of alkyl halides is 3. The molecule has 0 spiro atoms. The van der Waals surface area contributed by atoms with Crippen LogP contribution >= 0.6 is 23.4 Å². The molecule has 16 heteroatoms. The van der Waals surface area contributed by atoms with E-state index in [1.54, 1.807) is 18.4 Å². The molecule has 0 radical (unpaired) electrons. The van der Waals surface area contributed by atoms with Crippen molar-refractivity contribution in [3.8, 4) is 5.69 Å². The third kappa shape index (κ3) is 8.52. The van der Waals surface area contributed by atoms with Crippen molar-refractivity contribution in [1.29, 1.82) is 0 Å². The third-order valence-corrected chi connectivity index (χ3v) is 10.4. The monoisotopic (exact) mass is 708 g/mol. The normalized spacial score (nSPS) is 11.9. The van der Waals surface area contributed by atoms with Crippen LogP contribution in [0.3, 0.4) is 0 Å². The molecule has 1 heterocycles. The highest BCUT2D eigenvalue weighted by Gasteiger charge is 2.31. The molecule has 10 nitrogen and oxygen atoms in total. The van der Waals surface area contributed by atoms with Crippen molar-refractivity contribution in [3.05, 3.63) is 93.8 Å². The molecule has 250 valence electrons. The molecule has 0 saturated heterocycles. The molecule has 0 aliphatic heterocycles. The summed E-state index contributed by atoms with van der Waals surface area (Å²) in [5.74, 6) is -0.978. The predicted octanol–water partition coefficient (Wildman–Crippen LogP) is 6.25. The van der Waals surface area contributed by atoms with E-state index in [0.29, 0.717) is 29.8 Å². The fraction of sp³-hybridized carbons (Fsp3) is 0.290. The number of benzene rings is 3.